The van der Waals surface area contributed by atoms with Crippen molar-refractivity contribution in [3.8, 4) is 0 Å². The lowest BCUT2D eigenvalue weighted by Gasteiger charge is -2.31. The fraction of sp³-hybridized carbons (Fsp3) is 0.538. The molecule has 0 aromatic heterocycles. The number of nitrogens with two attached hydrogens (primary N) is 1. The molecule has 2 rings (SSSR count). The van der Waals surface area contributed by atoms with Crippen molar-refractivity contribution in [1.82, 2.24) is 0 Å². The molecule has 1 aliphatic heterocycles. The van der Waals surface area contributed by atoms with Crippen LogP contribution >= 0.6 is 0 Å². The second-order valence-electron chi connectivity index (χ2n) is 4.57. The minimum absolute atomic E-state index is 0.167. The summed E-state index contributed by atoms with van der Waals surface area (Å²) in [5, 5.41) is 10.7. The van der Waals surface area contributed by atoms with Crippen molar-refractivity contribution in [1.29, 1.82) is 0 Å². The first-order chi connectivity index (χ1) is 7.66. The number of hydrogen-bond acceptors (Lipinski definition) is 3. The predicted octanol–water partition coefficient (Wildman–Crippen LogP) is 1.39. The van der Waals surface area contributed by atoms with E-state index in [4.69, 9.17) is 10.5 Å². The molecule has 1 heterocycles. The summed E-state index contributed by atoms with van der Waals surface area (Å²) in [6.07, 6.45) is 0.909. The molecule has 2 unspecified atom stereocenters. The first kappa shape index (κ1) is 11.6. The van der Waals surface area contributed by atoms with E-state index in [9.17, 15) is 5.11 Å². The van der Waals surface area contributed by atoms with E-state index in [0.29, 0.717) is 13.2 Å². The van der Waals surface area contributed by atoms with Crippen molar-refractivity contribution < 1.29 is 9.84 Å². The van der Waals surface area contributed by atoms with E-state index in [2.05, 4.69) is 0 Å². The second kappa shape index (κ2) is 4.53. The molecule has 1 aromatic carbocycles. The van der Waals surface area contributed by atoms with Gasteiger partial charge in [-0.3, -0.25) is 0 Å². The van der Waals surface area contributed by atoms with Gasteiger partial charge in [0.25, 0.3) is 0 Å². The van der Waals surface area contributed by atoms with Gasteiger partial charge in [-0.25, -0.2) is 0 Å². The lowest BCUT2D eigenvalue weighted by atomic mass is 9.80. The monoisotopic (exact) mass is 221 g/mol. The zero-order valence-corrected chi connectivity index (χ0v) is 9.65. The van der Waals surface area contributed by atoms with Crippen LogP contribution in [0.1, 0.15) is 24.5 Å². The summed E-state index contributed by atoms with van der Waals surface area (Å²) in [6.45, 7) is 3.69. The second-order valence-corrected chi connectivity index (χ2v) is 4.57. The highest BCUT2D eigenvalue weighted by atomic mass is 16.5. The summed E-state index contributed by atoms with van der Waals surface area (Å²) in [4.78, 5) is 0. The Hall–Kier alpha value is -0.900. The quantitative estimate of drug-likeness (QED) is 0.811. The summed E-state index contributed by atoms with van der Waals surface area (Å²) in [6, 6.07) is 7.83. The van der Waals surface area contributed by atoms with Crippen molar-refractivity contribution >= 4 is 0 Å². The van der Waals surface area contributed by atoms with Gasteiger partial charge < -0.3 is 15.6 Å². The molecule has 0 spiro atoms. The normalized spacial score (nSPS) is 24.3. The van der Waals surface area contributed by atoms with Crippen LogP contribution in [0.5, 0.6) is 0 Å². The molecule has 0 saturated carbocycles. The van der Waals surface area contributed by atoms with Gasteiger partial charge in [-0.05, 0) is 24.5 Å². The number of benzene rings is 1. The molecule has 1 aromatic rings. The van der Waals surface area contributed by atoms with Crippen LogP contribution in [-0.2, 0) is 16.9 Å². The highest BCUT2D eigenvalue weighted by Gasteiger charge is 2.37. The molecule has 1 saturated heterocycles. The van der Waals surface area contributed by atoms with Crippen LogP contribution < -0.4 is 5.73 Å². The number of aliphatic hydroxyl groups is 1. The Kier molecular flexibility index (Phi) is 3.28. The molecule has 2 atom stereocenters. The molecule has 0 aliphatic carbocycles. The van der Waals surface area contributed by atoms with Gasteiger partial charge in [0, 0.05) is 19.1 Å². The Balaban J connectivity index is 2.33. The summed E-state index contributed by atoms with van der Waals surface area (Å²) in [5.41, 5.74) is 6.81. The molecule has 0 bridgehead atoms. The topological polar surface area (TPSA) is 55.5 Å². The molecule has 3 nitrogen and oxygen atoms in total. The van der Waals surface area contributed by atoms with Gasteiger partial charge in [0.2, 0.25) is 0 Å². The lowest BCUT2D eigenvalue weighted by molar-refractivity contribution is -0.0104. The van der Waals surface area contributed by atoms with Crippen LogP contribution in [-0.4, -0.2) is 18.3 Å². The Morgan fingerprint density at radius 2 is 2.25 bits per heavy atom. The molecular formula is C13H19NO2. The van der Waals surface area contributed by atoms with Crippen molar-refractivity contribution in [2.24, 2.45) is 11.7 Å². The van der Waals surface area contributed by atoms with Gasteiger partial charge in [0.05, 0.1) is 12.2 Å². The summed E-state index contributed by atoms with van der Waals surface area (Å²) in [5.74, 6) is 0.167. The molecule has 1 fully saturated rings. The fourth-order valence-corrected chi connectivity index (χ4v) is 2.39. The standard InChI is InChI=1S/C13H19NO2/c1-13(15,11-6-7-16-9-11)12-5-3-2-4-10(12)8-14/h2-5,11,15H,6-9,14H2,1H3. The van der Waals surface area contributed by atoms with Crippen molar-refractivity contribution in [2.75, 3.05) is 13.2 Å². The van der Waals surface area contributed by atoms with Crippen LogP contribution in [0.2, 0.25) is 0 Å². The summed E-state index contributed by atoms with van der Waals surface area (Å²) >= 11 is 0. The van der Waals surface area contributed by atoms with E-state index in [1.54, 1.807) is 0 Å². The van der Waals surface area contributed by atoms with Gasteiger partial charge in [0.15, 0.2) is 0 Å². The first-order valence-electron chi connectivity index (χ1n) is 5.75. The van der Waals surface area contributed by atoms with Crippen LogP contribution in [0.4, 0.5) is 0 Å². The third-order valence-corrected chi connectivity index (χ3v) is 3.51. The molecule has 3 heteroatoms. The van der Waals surface area contributed by atoms with E-state index in [-0.39, 0.29) is 5.92 Å². The van der Waals surface area contributed by atoms with E-state index >= 15 is 0 Å². The van der Waals surface area contributed by atoms with Gasteiger partial charge in [0.1, 0.15) is 0 Å². The maximum absolute atomic E-state index is 10.7. The zero-order valence-electron chi connectivity index (χ0n) is 9.65. The lowest BCUT2D eigenvalue weighted by Crippen LogP contribution is -2.33. The van der Waals surface area contributed by atoms with Crippen molar-refractivity contribution in [3.63, 3.8) is 0 Å². The maximum atomic E-state index is 10.7. The van der Waals surface area contributed by atoms with Crippen molar-refractivity contribution in [2.45, 2.75) is 25.5 Å². The van der Waals surface area contributed by atoms with E-state index in [1.165, 1.54) is 0 Å². The van der Waals surface area contributed by atoms with Crippen LogP contribution in [0.15, 0.2) is 24.3 Å². The van der Waals surface area contributed by atoms with E-state index in [1.807, 2.05) is 31.2 Å². The molecule has 16 heavy (non-hydrogen) atoms. The molecule has 88 valence electrons. The molecule has 3 N–H and O–H groups in total. The SMILES string of the molecule is CC(O)(c1ccccc1CN)C1CCOC1. The van der Waals surface area contributed by atoms with Gasteiger partial charge >= 0.3 is 0 Å². The van der Waals surface area contributed by atoms with Gasteiger partial charge in [-0.15, -0.1) is 0 Å². The Labute approximate surface area is 96.2 Å². The number of ether oxygens (including phenoxy) is 1. The number of hydrogen-bond donors (Lipinski definition) is 2. The molecule has 0 radical (unpaired) electrons. The van der Waals surface area contributed by atoms with Crippen LogP contribution in [0.3, 0.4) is 0 Å². The largest absolute Gasteiger partial charge is 0.385 e. The molecule has 0 amide bonds. The molecular weight excluding hydrogens is 202 g/mol. The average molecular weight is 221 g/mol. The van der Waals surface area contributed by atoms with Gasteiger partial charge in [-0.1, -0.05) is 24.3 Å². The third kappa shape index (κ3) is 1.98. The smallest absolute Gasteiger partial charge is 0.0922 e. The highest BCUT2D eigenvalue weighted by molar-refractivity contribution is 5.32. The minimum atomic E-state index is -0.841. The number of rotatable bonds is 3. The summed E-state index contributed by atoms with van der Waals surface area (Å²) in [7, 11) is 0. The first-order valence-corrected chi connectivity index (χ1v) is 5.75. The predicted molar refractivity (Wildman–Crippen MR) is 62.8 cm³/mol. The average Bonchev–Trinajstić information content (AvgIpc) is 2.83. The highest BCUT2D eigenvalue weighted by Crippen LogP contribution is 2.36. The Bertz CT molecular complexity index is 357. The minimum Gasteiger partial charge on any atom is -0.385 e. The van der Waals surface area contributed by atoms with Crippen LogP contribution in [0, 0.1) is 5.92 Å². The summed E-state index contributed by atoms with van der Waals surface area (Å²) < 4.78 is 5.35. The Morgan fingerprint density at radius 1 is 1.50 bits per heavy atom. The third-order valence-electron chi connectivity index (χ3n) is 3.51. The zero-order chi connectivity index (χ0) is 11.6. The van der Waals surface area contributed by atoms with E-state index in [0.717, 1.165) is 24.2 Å². The van der Waals surface area contributed by atoms with E-state index < -0.39 is 5.60 Å². The Morgan fingerprint density at radius 3 is 2.88 bits per heavy atom. The van der Waals surface area contributed by atoms with Crippen LogP contribution in [0.25, 0.3) is 0 Å². The van der Waals surface area contributed by atoms with Crippen molar-refractivity contribution in [3.05, 3.63) is 35.4 Å². The fourth-order valence-electron chi connectivity index (χ4n) is 2.39. The van der Waals surface area contributed by atoms with Gasteiger partial charge in [-0.2, -0.15) is 0 Å². The molecule has 1 aliphatic rings. The maximum Gasteiger partial charge on any atom is 0.0922 e.